The predicted molar refractivity (Wildman–Crippen MR) is 101 cm³/mol. The van der Waals surface area contributed by atoms with Crippen LogP contribution in [-0.4, -0.2) is 75.1 Å². The van der Waals surface area contributed by atoms with Crippen LogP contribution in [0.5, 0.6) is 0 Å². The third kappa shape index (κ3) is 9.32. The Bertz CT molecular complexity index is 682. The Morgan fingerprint density at radius 3 is 1.67 bits per heavy atom. The van der Waals surface area contributed by atoms with Crippen molar-refractivity contribution in [2.24, 2.45) is 11.7 Å². The molecule has 13 nitrogen and oxygen atoms in total. The molecule has 0 aliphatic heterocycles. The summed E-state index contributed by atoms with van der Waals surface area (Å²) in [5.74, 6) is -7.41. The molecule has 0 rings (SSSR count). The molecule has 5 unspecified atom stereocenters. The summed E-state index contributed by atoms with van der Waals surface area (Å²) < 4.78 is 0. The van der Waals surface area contributed by atoms with Gasteiger partial charge in [0, 0.05) is 0 Å². The highest BCUT2D eigenvalue weighted by molar-refractivity contribution is 5.95. The minimum Gasteiger partial charge on any atom is -0.481 e. The normalized spacial score (nSPS) is 15.6. The van der Waals surface area contributed by atoms with Crippen molar-refractivity contribution in [3.63, 3.8) is 0 Å². The van der Waals surface area contributed by atoms with Crippen LogP contribution >= 0.6 is 0 Å². The van der Waals surface area contributed by atoms with Gasteiger partial charge in [-0.3, -0.25) is 24.0 Å². The van der Waals surface area contributed by atoms with Crippen LogP contribution < -0.4 is 21.7 Å². The van der Waals surface area contributed by atoms with Gasteiger partial charge < -0.3 is 37.0 Å². The SMILES string of the molecule is CCC(C)C(N)C(=O)NC(CC(=O)O)C(=O)NC(C)C(=O)NC(CC(=O)O)C(=O)O. The average Bonchev–Trinajstić information content (AvgIpc) is 2.64. The van der Waals surface area contributed by atoms with E-state index in [2.05, 4.69) is 10.6 Å². The zero-order chi connectivity index (χ0) is 23.6. The molecule has 0 saturated carbocycles. The molecular formula is C17H28N4O9. The molecule has 170 valence electrons. The lowest BCUT2D eigenvalue weighted by atomic mass is 9.99. The lowest BCUT2D eigenvalue weighted by Crippen LogP contribution is -2.57. The van der Waals surface area contributed by atoms with Gasteiger partial charge in [-0.1, -0.05) is 20.3 Å². The van der Waals surface area contributed by atoms with Gasteiger partial charge in [0.2, 0.25) is 17.7 Å². The Morgan fingerprint density at radius 2 is 1.23 bits per heavy atom. The van der Waals surface area contributed by atoms with E-state index in [1.807, 2.05) is 5.32 Å². The highest BCUT2D eigenvalue weighted by atomic mass is 16.4. The maximum Gasteiger partial charge on any atom is 0.326 e. The van der Waals surface area contributed by atoms with Crippen molar-refractivity contribution < 1.29 is 44.1 Å². The van der Waals surface area contributed by atoms with Crippen LogP contribution in [0.15, 0.2) is 0 Å². The molecule has 0 bridgehead atoms. The minimum atomic E-state index is -1.72. The van der Waals surface area contributed by atoms with Gasteiger partial charge in [-0.25, -0.2) is 4.79 Å². The van der Waals surface area contributed by atoms with Crippen LogP contribution in [0.25, 0.3) is 0 Å². The first-order valence-corrected chi connectivity index (χ1v) is 9.13. The second-order valence-electron chi connectivity index (χ2n) is 6.80. The molecule has 0 radical (unpaired) electrons. The lowest BCUT2D eigenvalue weighted by molar-refractivity contribution is -0.147. The van der Waals surface area contributed by atoms with Gasteiger partial charge in [0.25, 0.3) is 0 Å². The number of nitrogens with one attached hydrogen (secondary N) is 3. The van der Waals surface area contributed by atoms with Gasteiger partial charge in [0.05, 0.1) is 18.9 Å². The summed E-state index contributed by atoms with van der Waals surface area (Å²) in [5, 5.41) is 33.0. The zero-order valence-electron chi connectivity index (χ0n) is 16.9. The molecule has 8 N–H and O–H groups in total. The molecule has 0 aromatic heterocycles. The number of hydrogen-bond donors (Lipinski definition) is 7. The molecule has 0 aromatic carbocycles. The van der Waals surface area contributed by atoms with Gasteiger partial charge in [0.15, 0.2) is 0 Å². The van der Waals surface area contributed by atoms with Crippen molar-refractivity contribution in [2.75, 3.05) is 0 Å². The second kappa shape index (κ2) is 12.4. The van der Waals surface area contributed by atoms with E-state index in [1.54, 1.807) is 13.8 Å². The Labute approximate surface area is 172 Å². The number of carboxylic acids is 3. The van der Waals surface area contributed by atoms with E-state index >= 15 is 0 Å². The van der Waals surface area contributed by atoms with Gasteiger partial charge in [-0.15, -0.1) is 0 Å². The fourth-order valence-electron chi connectivity index (χ4n) is 2.22. The molecular weight excluding hydrogens is 404 g/mol. The maximum absolute atomic E-state index is 12.4. The van der Waals surface area contributed by atoms with Crippen LogP contribution in [0.1, 0.15) is 40.0 Å². The summed E-state index contributed by atoms with van der Waals surface area (Å²) in [4.78, 5) is 69.3. The molecule has 0 aliphatic rings. The fraction of sp³-hybridized carbons (Fsp3) is 0.647. The van der Waals surface area contributed by atoms with E-state index in [1.165, 1.54) is 6.92 Å². The van der Waals surface area contributed by atoms with E-state index < -0.39 is 72.6 Å². The van der Waals surface area contributed by atoms with Crippen molar-refractivity contribution in [3.8, 4) is 0 Å². The first-order chi connectivity index (χ1) is 13.8. The van der Waals surface area contributed by atoms with Crippen molar-refractivity contribution in [1.29, 1.82) is 0 Å². The molecule has 5 atom stereocenters. The lowest BCUT2D eigenvalue weighted by Gasteiger charge is -2.24. The first kappa shape index (κ1) is 26.8. The molecule has 0 spiro atoms. The Morgan fingerprint density at radius 1 is 0.767 bits per heavy atom. The predicted octanol–water partition coefficient (Wildman–Crippen LogP) is -2.13. The smallest absolute Gasteiger partial charge is 0.326 e. The van der Waals surface area contributed by atoms with Crippen molar-refractivity contribution in [3.05, 3.63) is 0 Å². The summed E-state index contributed by atoms with van der Waals surface area (Å²) in [6.45, 7) is 4.69. The topological polar surface area (TPSA) is 225 Å². The Kier molecular flexibility index (Phi) is 11.0. The van der Waals surface area contributed by atoms with Crippen molar-refractivity contribution >= 4 is 35.6 Å². The molecule has 3 amide bonds. The summed E-state index contributed by atoms with van der Waals surface area (Å²) in [6.07, 6.45) is -1.09. The zero-order valence-corrected chi connectivity index (χ0v) is 16.9. The Balaban J connectivity index is 5.14. The quantitative estimate of drug-likeness (QED) is 0.167. The highest BCUT2D eigenvalue weighted by Crippen LogP contribution is 2.06. The average molecular weight is 432 g/mol. The number of rotatable bonds is 13. The number of carbonyl (C=O) groups is 6. The van der Waals surface area contributed by atoms with Crippen LogP contribution in [0.2, 0.25) is 0 Å². The van der Waals surface area contributed by atoms with Crippen LogP contribution in [0, 0.1) is 5.92 Å². The van der Waals surface area contributed by atoms with Gasteiger partial charge in [0.1, 0.15) is 18.1 Å². The van der Waals surface area contributed by atoms with Crippen molar-refractivity contribution in [1.82, 2.24) is 16.0 Å². The van der Waals surface area contributed by atoms with E-state index in [0.29, 0.717) is 6.42 Å². The molecule has 0 fully saturated rings. The third-order valence-corrected chi connectivity index (χ3v) is 4.32. The largest absolute Gasteiger partial charge is 0.481 e. The van der Waals surface area contributed by atoms with Gasteiger partial charge in [-0.2, -0.15) is 0 Å². The van der Waals surface area contributed by atoms with E-state index in [9.17, 15) is 28.8 Å². The van der Waals surface area contributed by atoms with Gasteiger partial charge >= 0.3 is 17.9 Å². The summed E-state index contributed by atoms with van der Waals surface area (Å²) in [7, 11) is 0. The number of nitrogens with two attached hydrogens (primary N) is 1. The van der Waals surface area contributed by atoms with E-state index in [0.717, 1.165) is 0 Å². The van der Waals surface area contributed by atoms with Crippen LogP contribution in [0.4, 0.5) is 0 Å². The Hall–Kier alpha value is -3.22. The molecule has 0 saturated heterocycles. The number of amides is 3. The van der Waals surface area contributed by atoms with Crippen molar-refractivity contribution in [2.45, 2.75) is 64.2 Å². The third-order valence-electron chi connectivity index (χ3n) is 4.32. The van der Waals surface area contributed by atoms with E-state index in [-0.39, 0.29) is 5.92 Å². The van der Waals surface area contributed by atoms with E-state index in [4.69, 9.17) is 21.1 Å². The van der Waals surface area contributed by atoms with Crippen LogP contribution in [-0.2, 0) is 28.8 Å². The number of aliphatic carboxylic acids is 3. The number of carbonyl (C=O) groups excluding carboxylic acids is 3. The summed E-state index contributed by atoms with van der Waals surface area (Å²) in [6, 6.07) is -5.58. The molecule has 30 heavy (non-hydrogen) atoms. The second-order valence-corrected chi connectivity index (χ2v) is 6.80. The maximum atomic E-state index is 12.4. The minimum absolute atomic E-state index is 0.231. The first-order valence-electron chi connectivity index (χ1n) is 9.13. The monoisotopic (exact) mass is 432 g/mol. The molecule has 13 heteroatoms. The molecule has 0 aromatic rings. The molecule has 0 heterocycles. The van der Waals surface area contributed by atoms with Gasteiger partial charge in [-0.05, 0) is 12.8 Å². The van der Waals surface area contributed by atoms with Crippen LogP contribution in [0.3, 0.4) is 0 Å². The standard InChI is InChI=1S/C17H28N4O9/c1-4-7(2)13(18)16(28)20-9(5-11(22)23)15(27)19-8(3)14(26)21-10(17(29)30)6-12(24)25/h7-10,13H,4-6,18H2,1-3H3,(H,19,27)(H,20,28)(H,21,26)(H,22,23)(H,24,25)(H,29,30). The number of hydrogen-bond acceptors (Lipinski definition) is 7. The number of carboxylic acid groups (broad SMARTS) is 3. The molecule has 0 aliphatic carbocycles. The summed E-state index contributed by atoms with van der Waals surface area (Å²) >= 11 is 0. The summed E-state index contributed by atoms with van der Waals surface area (Å²) in [5.41, 5.74) is 5.76. The highest BCUT2D eigenvalue weighted by Gasteiger charge is 2.31. The fourth-order valence-corrected chi connectivity index (χ4v) is 2.22.